The third-order valence-electron chi connectivity index (χ3n) is 8.04. The molecule has 1 heterocycles. The first-order valence-electron chi connectivity index (χ1n) is 14.9. The van der Waals surface area contributed by atoms with Gasteiger partial charge in [0.15, 0.2) is 6.29 Å². The van der Waals surface area contributed by atoms with Gasteiger partial charge in [0.1, 0.15) is 0 Å². The molecule has 4 aromatic carbocycles. The molecule has 0 unspecified atom stereocenters. The summed E-state index contributed by atoms with van der Waals surface area (Å²) >= 11 is 17.1. The average Bonchev–Trinajstić information content (AvgIpc) is 3.05. The first-order chi connectivity index (χ1) is 21.6. The molecular formula is C36H37Cl3N2O4. The van der Waals surface area contributed by atoms with Gasteiger partial charge >= 0.3 is 0 Å². The quantitative estimate of drug-likeness (QED) is 0.169. The Balaban J connectivity index is 1.38. The molecule has 0 spiro atoms. The minimum atomic E-state index is -2.02. The van der Waals surface area contributed by atoms with E-state index in [0.717, 1.165) is 46.5 Å². The third-order valence-corrected chi connectivity index (χ3v) is 8.55. The number of benzene rings is 4. The van der Waals surface area contributed by atoms with E-state index in [9.17, 15) is 9.90 Å². The lowest BCUT2D eigenvalue weighted by molar-refractivity contribution is -0.276. The van der Waals surface area contributed by atoms with Crippen molar-refractivity contribution in [3.63, 3.8) is 0 Å². The molecule has 0 bridgehead atoms. The molecule has 6 nitrogen and oxygen atoms in total. The number of alkyl halides is 3. The van der Waals surface area contributed by atoms with E-state index >= 15 is 0 Å². The Hall–Kier alpha value is -2.94. The summed E-state index contributed by atoms with van der Waals surface area (Å²) in [6.07, 6.45) is -0.904. The van der Waals surface area contributed by atoms with Gasteiger partial charge in [-0.3, -0.25) is 9.69 Å². The third kappa shape index (κ3) is 8.87. The highest BCUT2D eigenvalue weighted by Crippen LogP contribution is 2.42. The molecule has 1 saturated heterocycles. The highest BCUT2D eigenvalue weighted by atomic mass is 35.6. The highest BCUT2D eigenvalue weighted by Gasteiger charge is 2.39. The monoisotopic (exact) mass is 666 g/mol. The normalized spacial score (nSPS) is 20.2. The van der Waals surface area contributed by atoms with Crippen LogP contribution in [0.5, 0.6) is 0 Å². The minimum Gasteiger partial charge on any atom is -0.392 e. The van der Waals surface area contributed by atoms with Crippen LogP contribution in [0.1, 0.15) is 47.1 Å². The van der Waals surface area contributed by atoms with Gasteiger partial charge in [-0.25, -0.2) is 0 Å². The minimum absolute atomic E-state index is 0.00668. The molecule has 0 aromatic heterocycles. The summed E-state index contributed by atoms with van der Waals surface area (Å²) in [6.45, 7) is 3.92. The number of nitrogens with zero attached hydrogens (tertiary/aromatic N) is 1. The number of ether oxygens (including phenoxy) is 2. The van der Waals surface area contributed by atoms with E-state index < -0.39 is 16.0 Å². The Morgan fingerprint density at radius 2 is 1.49 bits per heavy atom. The van der Waals surface area contributed by atoms with Crippen LogP contribution in [-0.2, 0) is 34.0 Å². The van der Waals surface area contributed by atoms with Gasteiger partial charge in [-0.1, -0.05) is 133 Å². The number of rotatable bonds is 10. The van der Waals surface area contributed by atoms with Crippen molar-refractivity contribution >= 4 is 40.7 Å². The molecule has 236 valence electrons. The fourth-order valence-electron chi connectivity index (χ4n) is 5.60. The molecule has 4 atom stereocenters. The van der Waals surface area contributed by atoms with Crippen molar-refractivity contribution in [3.8, 4) is 11.1 Å². The summed E-state index contributed by atoms with van der Waals surface area (Å²) in [5, 5.41) is 12.2. The summed E-state index contributed by atoms with van der Waals surface area (Å²) in [5.41, 5.74) is 6.87. The number of likely N-dealkylation sites (N-methyl/N-ethyl adjacent to an activating group) is 1. The molecule has 5 rings (SSSR count). The van der Waals surface area contributed by atoms with E-state index in [4.69, 9.17) is 44.3 Å². The van der Waals surface area contributed by atoms with Gasteiger partial charge in [0.05, 0.1) is 18.8 Å². The fourth-order valence-corrected chi connectivity index (χ4v) is 5.80. The number of carbonyl (C=O) groups is 1. The summed E-state index contributed by atoms with van der Waals surface area (Å²) in [5.74, 6) is -0.604. The maximum atomic E-state index is 12.0. The van der Waals surface area contributed by atoms with Crippen LogP contribution >= 0.6 is 34.8 Å². The summed E-state index contributed by atoms with van der Waals surface area (Å²) < 4.78 is 11.4. The summed E-state index contributed by atoms with van der Waals surface area (Å²) in [6, 6.07) is 34.3. The van der Waals surface area contributed by atoms with Crippen LogP contribution < -0.4 is 5.32 Å². The van der Waals surface area contributed by atoms with Crippen molar-refractivity contribution in [1.82, 2.24) is 10.2 Å². The van der Waals surface area contributed by atoms with Gasteiger partial charge in [-0.15, -0.1) is 0 Å². The Kier molecular flexibility index (Phi) is 11.2. The number of aliphatic hydroxyl groups is 1. The summed E-state index contributed by atoms with van der Waals surface area (Å²) in [4.78, 5) is 14.3. The second-order valence-electron chi connectivity index (χ2n) is 11.5. The van der Waals surface area contributed by atoms with Crippen LogP contribution in [-0.4, -0.2) is 39.4 Å². The molecule has 2 N–H and O–H groups in total. The SMILES string of the molecule is C[C@@H]1[C@H](CN(C)Cc2ccccc2)O[C@H](c2cccc(-c3cccc(CNC(=O)C(Cl)(Cl)Cl)c3)c2)O[C@@H]1c1ccc(CO)cc1. The van der Waals surface area contributed by atoms with Crippen molar-refractivity contribution in [3.05, 3.63) is 131 Å². The Morgan fingerprint density at radius 3 is 2.18 bits per heavy atom. The lowest BCUT2D eigenvalue weighted by Gasteiger charge is -2.42. The molecular weight excluding hydrogens is 631 g/mol. The van der Waals surface area contributed by atoms with Crippen LogP contribution in [0.2, 0.25) is 0 Å². The number of hydrogen-bond acceptors (Lipinski definition) is 5. The van der Waals surface area contributed by atoms with Gasteiger partial charge in [-0.2, -0.15) is 0 Å². The van der Waals surface area contributed by atoms with E-state index in [-0.39, 0.29) is 31.3 Å². The van der Waals surface area contributed by atoms with Gasteiger partial charge in [0.25, 0.3) is 9.70 Å². The predicted molar refractivity (Wildman–Crippen MR) is 180 cm³/mol. The first-order valence-corrected chi connectivity index (χ1v) is 16.0. The number of nitrogens with one attached hydrogen (secondary N) is 1. The van der Waals surface area contributed by atoms with Crippen LogP contribution in [0.3, 0.4) is 0 Å². The molecule has 1 aliphatic rings. The predicted octanol–water partition coefficient (Wildman–Crippen LogP) is 7.76. The maximum Gasteiger partial charge on any atom is 0.272 e. The van der Waals surface area contributed by atoms with E-state index in [1.807, 2.05) is 72.8 Å². The second-order valence-corrected chi connectivity index (χ2v) is 13.8. The molecule has 1 aliphatic heterocycles. The topological polar surface area (TPSA) is 71.0 Å². The summed E-state index contributed by atoms with van der Waals surface area (Å²) in [7, 11) is 2.11. The van der Waals surface area contributed by atoms with E-state index in [1.54, 1.807) is 0 Å². The Morgan fingerprint density at radius 1 is 0.822 bits per heavy atom. The van der Waals surface area contributed by atoms with E-state index in [2.05, 4.69) is 54.5 Å². The van der Waals surface area contributed by atoms with E-state index in [0.29, 0.717) is 0 Å². The van der Waals surface area contributed by atoms with Gasteiger partial charge in [0.2, 0.25) is 0 Å². The van der Waals surface area contributed by atoms with Gasteiger partial charge < -0.3 is 19.9 Å². The highest BCUT2D eigenvalue weighted by molar-refractivity contribution is 6.76. The van der Waals surface area contributed by atoms with Crippen molar-refractivity contribution in [2.45, 2.75) is 48.9 Å². The van der Waals surface area contributed by atoms with Crippen LogP contribution in [0.4, 0.5) is 0 Å². The maximum absolute atomic E-state index is 12.0. The van der Waals surface area contributed by atoms with Gasteiger partial charge in [0, 0.05) is 31.1 Å². The number of carbonyl (C=O) groups excluding carboxylic acids is 1. The standard InChI is InChI=1S/C36H37Cl3N2O4/c1-24-32(22-41(2)21-25-8-4-3-5-9-25)44-34(45-33(24)28-16-14-26(23-42)15-17-28)31-13-7-12-30(19-31)29-11-6-10-27(18-29)20-40-35(43)36(37,38)39/h3-19,24,32-34,42H,20-23H2,1-2H3,(H,40,43)/t24-,32+,33+,34+/m1/s1. The van der Waals surface area contributed by atoms with Crippen molar-refractivity contribution in [2.75, 3.05) is 13.6 Å². The number of amides is 1. The molecule has 1 amide bonds. The van der Waals surface area contributed by atoms with Gasteiger partial charge in [-0.05, 0) is 52.6 Å². The molecule has 9 heteroatoms. The number of aliphatic hydroxyl groups excluding tert-OH is 1. The Bertz CT molecular complexity index is 1560. The molecule has 1 fully saturated rings. The van der Waals surface area contributed by atoms with Crippen molar-refractivity contribution in [2.24, 2.45) is 5.92 Å². The molecule has 0 saturated carbocycles. The first kappa shape index (κ1) is 33.4. The van der Waals surface area contributed by atoms with E-state index in [1.165, 1.54) is 5.56 Å². The Labute approximate surface area is 279 Å². The van der Waals surface area contributed by atoms with Crippen LogP contribution in [0.25, 0.3) is 11.1 Å². The molecule has 4 aromatic rings. The molecule has 45 heavy (non-hydrogen) atoms. The molecule has 0 aliphatic carbocycles. The van der Waals surface area contributed by atoms with Crippen molar-refractivity contribution < 1.29 is 19.4 Å². The van der Waals surface area contributed by atoms with Crippen LogP contribution in [0, 0.1) is 5.92 Å². The lowest BCUT2D eigenvalue weighted by Crippen LogP contribution is -2.43. The second kappa shape index (κ2) is 15.1. The smallest absolute Gasteiger partial charge is 0.272 e. The number of hydrogen-bond donors (Lipinski definition) is 2. The number of halogens is 3. The molecule has 0 radical (unpaired) electrons. The zero-order chi connectivity index (χ0) is 32.0. The fraction of sp³-hybridized carbons (Fsp3) is 0.306. The zero-order valence-corrected chi connectivity index (χ0v) is 27.5. The zero-order valence-electron chi connectivity index (χ0n) is 25.2. The van der Waals surface area contributed by atoms with Crippen LogP contribution in [0.15, 0.2) is 103 Å². The average molecular weight is 668 g/mol. The lowest BCUT2D eigenvalue weighted by atomic mass is 9.90. The van der Waals surface area contributed by atoms with Crippen molar-refractivity contribution in [1.29, 1.82) is 0 Å². The largest absolute Gasteiger partial charge is 0.392 e.